The predicted molar refractivity (Wildman–Crippen MR) is 103 cm³/mol. The van der Waals surface area contributed by atoms with Gasteiger partial charge in [-0.05, 0) is 74.5 Å². The fraction of sp³-hybridized carbons (Fsp3) is 0.619. The molecular formula is C21H26ClN3O2. The van der Waals surface area contributed by atoms with Gasteiger partial charge in [-0.25, -0.2) is 4.79 Å². The Morgan fingerprint density at radius 2 is 1.96 bits per heavy atom. The molecule has 1 heterocycles. The van der Waals surface area contributed by atoms with Crippen molar-refractivity contribution in [3.8, 4) is 0 Å². The highest BCUT2D eigenvalue weighted by molar-refractivity contribution is 6.30. The number of urea groups is 1. The monoisotopic (exact) mass is 387 g/mol. The molecule has 0 radical (unpaired) electrons. The van der Waals surface area contributed by atoms with Crippen LogP contribution in [0.15, 0.2) is 24.3 Å². The summed E-state index contributed by atoms with van der Waals surface area (Å²) in [4.78, 5) is 27.2. The Labute approximate surface area is 164 Å². The van der Waals surface area contributed by atoms with Crippen LogP contribution < -0.4 is 11.1 Å². The molecule has 3 N–H and O–H groups in total. The zero-order chi connectivity index (χ0) is 19.0. The number of carbonyl (C=O) groups excluding carboxylic acids is 2. The highest BCUT2D eigenvalue weighted by Gasteiger charge is 2.60. The maximum atomic E-state index is 13.0. The van der Waals surface area contributed by atoms with E-state index in [1.807, 2.05) is 29.2 Å². The lowest BCUT2D eigenvalue weighted by Gasteiger charge is -2.60. The van der Waals surface area contributed by atoms with Crippen LogP contribution in [0.25, 0.3) is 0 Å². The molecule has 2 unspecified atom stereocenters. The van der Waals surface area contributed by atoms with Crippen molar-refractivity contribution in [1.82, 2.24) is 10.2 Å². The Bertz CT molecular complexity index is 811. The average molecular weight is 388 g/mol. The summed E-state index contributed by atoms with van der Waals surface area (Å²) in [6, 6.07) is 7.96. The number of hydrogen-bond donors (Lipinski definition) is 2. The van der Waals surface area contributed by atoms with E-state index in [4.69, 9.17) is 17.3 Å². The summed E-state index contributed by atoms with van der Waals surface area (Å²) in [5.41, 5.74) is 6.07. The number of benzene rings is 1. The van der Waals surface area contributed by atoms with Crippen LogP contribution in [0.5, 0.6) is 0 Å². The third-order valence-corrected chi connectivity index (χ3v) is 7.93. The molecule has 5 fully saturated rings. The van der Waals surface area contributed by atoms with Crippen molar-refractivity contribution in [3.63, 3.8) is 0 Å². The topological polar surface area (TPSA) is 75.4 Å². The van der Waals surface area contributed by atoms with Crippen molar-refractivity contribution < 1.29 is 9.59 Å². The summed E-state index contributed by atoms with van der Waals surface area (Å²) in [6.45, 7) is 2.70. The van der Waals surface area contributed by atoms with Crippen molar-refractivity contribution in [2.45, 2.75) is 50.6 Å². The van der Waals surface area contributed by atoms with Gasteiger partial charge in [0.2, 0.25) is 5.91 Å². The molecule has 4 bridgehead atoms. The lowest BCUT2D eigenvalue weighted by molar-refractivity contribution is -0.150. The van der Waals surface area contributed by atoms with Gasteiger partial charge in [0.1, 0.15) is 0 Å². The van der Waals surface area contributed by atoms with Crippen LogP contribution in [-0.2, 0) is 10.3 Å². The molecule has 4 aliphatic carbocycles. The van der Waals surface area contributed by atoms with E-state index in [2.05, 4.69) is 12.2 Å². The van der Waals surface area contributed by atoms with Crippen molar-refractivity contribution in [2.75, 3.05) is 6.54 Å². The summed E-state index contributed by atoms with van der Waals surface area (Å²) in [5, 5.41) is 3.88. The summed E-state index contributed by atoms with van der Waals surface area (Å²) in [6.07, 6.45) is 4.88. The van der Waals surface area contributed by atoms with E-state index in [1.54, 1.807) is 0 Å². The maximum Gasteiger partial charge on any atom is 0.318 e. The fourth-order valence-corrected chi connectivity index (χ4v) is 6.99. The molecule has 1 aliphatic heterocycles. The van der Waals surface area contributed by atoms with E-state index in [1.165, 1.54) is 0 Å². The Hall–Kier alpha value is -1.75. The van der Waals surface area contributed by atoms with E-state index < -0.39 is 5.54 Å². The van der Waals surface area contributed by atoms with Crippen LogP contribution in [0.3, 0.4) is 0 Å². The Morgan fingerprint density at radius 3 is 2.59 bits per heavy atom. The second-order valence-corrected chi connectivity index (χ2v) is 9.94. The molecule has 3 amide bonds. The fourth-order valence-electron chi connectivity index (χ4n) is 6.80. The van der Waals surface area contributed by atoms with Crippen LogP contribution in [-0.4, -0.2) is 29.4 Å². The number of nitrogens with one attached hydrogen (secondary N) is 1. The lowest BCUT2D eigenvalue weighted by atomic mass is 9.47. The molecule has 6 rings (SSSR count). The number of rotatable bonds is 3. The third-order valence-electron chi connectivity index (χ3n) is 7.70. The van der Waals surface area contributed by atoms with E-state index in [0.29, 0.717) is 29.3 Å². The number of nitrogens with zero attached hydrogens (tertiary/aromatic N) is 1. The zero-order valence-corrected chi connectivity index (χ0v) is 16.3. The molecule has 27 heavy (non-hydrogen) atoms. The molecule has 144 valence electrons. The minimum absolute atomic E-state index is 0.00285. The Kier molecular flexibility index (Phi) is 3.62. The Balaban J connectivity index is 1.43. The van der Waals surface area contributed by atoms with Crippen LogP contribution in [0.2, 0.25) is 5.02 Å². The highest BCUT2D eigenvalue weighted by Crippen LogP contribution is 2.61. The van der Waals surface area contributed by atoms with Gasteiger partial charge >= 0.3 is 6.03 Å². The van der Waals surface area contributed by atoms with Crippen molar-refractivity contribution >= 4 is 23.5 Å². The van der Waals surface area contributed by atoms with Crippen molar-refractivity contribution in [1.29, 1.82) is 0 Å². The minimum atomic E-state index is -0.446. The van der Waals surface area contributed by atoms with Crippen molar-refractivity contribution in [2.24, 2.45) is 28.9 Å². The van der Waals surface area contributed by atoms with Gasteiger partial charge in [-0.2, -0.15) is 0 Å². The van der Waals surface area contributed by atoms with E-state index >= 15 is 0 Å². The van der Waals surface area contributed by atoms with Crippen molar-refractivity contribution in [3.05, 3.63) is 34.9 Å². The molecular weight excluding hydrogens is 362 g/mol. The van der Waals surface area contributed by atoms with E-state index in [0.717, 1.165) is 37.7 Å². The lowest BCUT2D eigenvalue weighted by Crippen LogP contribution is -2.62. The molecule has 5 aliphatic rings. The third kappa shape index (κ3) is 2.50. The molecule has 5 nitrogen and oxygen atoms in total. The average Bonchev–Trinajstić information content (AvgIpc) is 2.90. The molecule has 4 saturated carbocycles. The summed E-state index contributed by atoms with van der Waals surface area (Å²) < 4.78 is 0. The molecule has 3 atom stereocenters. The minimum Gasteiger partial charge on any atom is -0.369 e. The molecule has 6 heteroatoms. The SMILES string of the molecule is C[C@@]1(c2cccc(Cl)c2)CN(C2C3CC4CC2CC(C(N)=O)(C4)C3)C(=O)N1. The highest BCUT2D eigenvalue weighted by atomic mass is 35.5. The number of nitrogens with two attached hydrogens (primary N) is 1. The van der Waals surface area contributed by atoms with Gasteiger partial charge in [-0.1, -0.05) is 23.7 Å². The number of carbonyl (C=O) groups is 2. The van der Waals surface area contributed by atoms with Gasteiger partial charge in [-0.3, -0.25) is 4.79 Å². The van der Waals surface area contributed by atoms with Crippen LogP contribution >= 0.6 is 11.6 Å². The van der Waals surface area contributed by atoms with Gasteiger partial charge in [0.25, 0.3) is 0 Å². The number of halogens is 1. The van der Waals surface area contributed by atoms with Gasteiger partial charge in [0.15, 0.2) is 0 Å². The first-order valence-electron chi connectivity index (χ1n) is 9.94. The number of hydrogen-bond acceptors (Lipinski definition) is 2. The molecule has 0 aromatic heterocycles. The summed E-state index contributed by atoms with van der Waals surface area (Å²) in [5.74, 6) is 1.23. The number of primary amides is 1. The van der Waals surface area contributed by atoms with E-state index in [9.17, 15) is 9.59 Å². The summed E-state index contributed by atoms with van der Waals surface area (Å²) >= 11 is 6.18. The molecule has 1 aromatic rings. The van der Waals surface area contributed by atoms with Crippen LogP contribution in [0, 0.1) is 23.2 Å². The van der Waals surface area contributed by atoms with Crippen LogP contribution in [0.1, 0.15) is 44.6 Å². The van der Waals surface area contributed by atoms with Gasteiger partial charge < -0.3 is 16.0 Å². The second-order valence-electron chi connectivity index (χ2n) is 9.51. The zero-order valence-electron chi connectivity index (χ0n) is 15.6. The molecule has 1 saturated heterocycles. The van der Waals surface area contributed by atoms with Gasteiger partial charge in [0.05, 0.1) is 5.54 Å². The molecule has 1 aromatic carbocycles. The smallest absolute Gasteiger partial charge is 0.318 e. The molecule has 0 spiro atoms. The number of amides is 3. The quantitative estimate of drug-likeness (QED) is 0.835. The van der Waals surface area contributed by atoms with Gasteiger partial charge in [-0.15, -0.1) is 0 Å². The maximum absolute atomic E-state index is 13.0. The van der Waals surface area contributed by atoms with Gasteiger partial charge in [0, 0.05) is 23.0 Å². The predicted octanol–water partition coefficient (Wildman–Crippen LogP) is 3.26. The first kappa shape index (κ1) is 17.4. The Morgan fingerprint density at radius 1 is 1.26 bits per heavy atom. The van der Waals surface area contributed by atoms with Crippen LogP contribution in [0.4, 0.5) is 4.79 Å². The standard InChI is InChI=1S/C21H26ClN3O2/c1-20(15-3-2-4-16(22)7-15)11-25(19(27)24-20)17-13-5-12-6-14(17)10-21(8-12,9-13)18(23)26/h2-4,7,12-14,17H,5-6,8-11H2,1H3,(H2,23,26)(H,24,27)/t12?,13?,14?,17?,20-,21?/m0/s1. The summed E-state index contributed by atoms with van der Waals surface area (Å²) in [7, 11) is 0. The first-order chi connectivity index (χ1) is 12.8. The second kappa shape index (κ2) is 5.63. The largest absolute Gasteiger partial charge is 0.369 e. The first-order valence-corrected chi connectivity index (χ1v) is 10.3. The normalized spacial score (nSPS) is 42.4. The van der Waals surface area contributed by atoms with E-state index in [-0.39, 0.29) is 23.4 Å².